The number of methoxy groups -OCH3 is 1. The number of nitrogens with zero attached hydrogens (tertiary/aromatic N) is 2. The Hall–Kier alpha value is -4.41. The lowest BCUT2D eigenvalue weighted by atomic mass is 10.1. The van der Waals surface area contributed by atoms with E-state index in [0.717, 1.165) is 16.5 Å². The molecule has 0 atom stereocenters. The zero-order valence-electron chi connectivity index (χ0n) is 18.7. The Bertz CT molecular complexity index is 1410. The number of halogens is 2. The highest BCUT2D eigenvalue weighted by atomic mass is 35.5. The van der Waals surface area contributed by atoms with Crippen molar-refractivity contribution in [3.63, 3.8) is 0 Å². The third-order valence-corrected chi connectivity index (χ3v) is 5.07. The zero-order chi connectivity index (χ0) is 23.9. The summed E-state index contributed by atoms with van der Waals surface area (Å²) in [6, 6.07) is 22.1. The lowest BCUT2D eigenvalue weighted by Crippen LogP contribution is -2.13. The number of anilines is 1. The normalized spacial score (nSPS) is 10.7. The molecule has 0 aliphatic carbocycles. The second kappa shape index (κ2) is 11.6. The van der Waals surface area contributed by atoms with Gasteiger partial charge >= 0.3 is 0 Å². The molecule has 35 heavy (non-hydrogen) atoms. The van der Waals surface area contributed by atoms with Crippen LogP contribution in [-0.2, 0) is 11.4 Å². The largest absolute Gasteiger partial charge is 0.493 e. The maximum absolute atomic E-state index is 13.1. The molecule has 3 aromatic carbocycles. The van der Waals surface area contributed by atoms with E-state index in [-0.39, 0.29) is 30.4 Å². The van der Waals surface area contributed by atoms with Crippen molar-refractivity contribution in [3.8, 4) is 17.6 Å². The smallest absolute Gasteiger partial charge is 0.266 e. The number of aromatic nitrogens is 1. The number of ether oxygens (including phenoxy) is 2. The van der Waals surface area contributed by atoms with Crippen LogP contribution in [0.5, 0.6) is 11.5 Å². The van der Waals surface area contributed by atoms with Crippen LogP contribution in [0.2, 0.25) is 0 Å². The molecule has 8 heteroatoms. The van der Waals surface area contributed by atoms with Crippen molar-refractivity contribution < 1.29 is 18.7 Å². The van der Waals surface area contributed by atoms with Crippen LogP contribution in [0.3, 0.4) is 0 Å². The van der Waals surface area contributed by atoms with Gasteiger partial charge in [-0.05, 0) is 65.7 Å². The van der Waals surface area contributed by atoms with E-state index >= 15 is 0 Å². The molecule has 0 radical (unpaired) electrons. The highest BCUT2D eigenvalue weighted by Crippen LogP contribution is 2.30. The standard InChI is InChI=1S/C27H20FN3O3.ClH/c1-33-26-15-19(9-12-25(26)34-17-18-7-10-21(28)11-8-18)14-20(16-29)27(32)31-24-6-2-5-23-22(24)4-3-13-30-23;/h2-15H,17H2,1H3,(H,31,32);1H/b20-14+;. The molecule has 4 aromatic rings. The Morgan fingerprint density at radius 3 is 2.63 bits per heavy atom. The van der Waals surface area contributed by atoms with E-state index in [2.05, 4.69) is 10.3 Å². The van der Waals surface area contributed by atoms with Crippen molar-refractivity contribution >= 4 is 41.0 Å². The topological polar surface area (TPSA) is 84.2 Å². The molecular weight excluding hydrogens is 469 g/mol. The van der Waals surface area contributed by atoms with Gasteiger partial charge in [-0.25, -0.2) is 4.39 Å². The van der Waals surface area contributed by atoms with Crippen LogP contribution < -0.4 is 14.8 Å². The first-order valence-corrected chi connectivity index (χ1v) is 10.4. The van der Waals surface area contributed by atoms with Crippen LogP contribution in [-0.4, -0.2) is 18.0 Å². The fraction of sp³-hybridized carbons (Fsp3) is 0.0741. The first-order valence-electron chi connectivity index (χ1n) is 10.4. The molecule has 4 rings (SSSR count). The van der Waals surface area contributed by atoms with Crippen molar-refractivity contribution in [2.24, 2.45) is 0 Å². The summed E-state index contributed by atoms with van der Waals surface area (Å²) >= 11 is 0. The third kappa shape index (κ3) is 6.14. The van der Waals surface area contributed by atoms with Crippen molar-refractivity contribution in [3.05, 3.63) is 102 Å². The third-order valence-electron chi connectivity index (χ3n) is 5.07. The molecule has 6 nitrogen and oxygen atoms in total. The van der Waals surface area contributed by atoms with E-state index < -0.39 is 5.91 Å². The summed E-state index contributed by atoms with van der Waals surface area (Å²) in [6.45, 7) is 0.234. The summed E-state index contributed by atoms with van der Waals surface area (Å²) in [4.78, 5) is 17.1. The second-order valence-corrected chi connectivity index (χ2v) is 7.33. The predicted octanol–water partition coefficient (Wildman–Crippen LogP) is 5.93. The molecule has 0 aliphatic rings. The summed E-state index contributed by atoms with van der Waals surface area (Å²) < 4.78 is 24.3. The maximum atomic E-state index is 13.1. The van der Waals surface area contributed by atoms with Gasteiger partial charge in [0.25, 0.3) is 5.91 Å². The second-order valence-electron chi connectivity index (χ2n) is 7.33. The molecule has 0 aliphatic heterocycles. The fourth-order valence-electron chi connectivity index (χ4n) is 3.35. The van der Waals surface area contributed by atoms with Gasteiger partial charge in [0.2, 0.25) is 0 Å². The van der Waals surface area contributed by atoms with E-state index in [1.54, 1.807) is 54.7 Å². The van der Waals surface area contributed by atoms with Crippen molar-refractivity contribution in [2.45, 2.75) is 6.61 Å². The fourth-order valence-corrected chi connectivity index (χ4v) is 3.35. The average molecular weight is 490 g/mol. The number of amides is 1. The Kier molecular flexibility index (Phi) is 8.38. The molecule has 1 amide bonds. The summed E-state index contributed by atoms with van der Waals surface area (Å²) in [7, 11) is 1.50. The molecule has 0 bridgehead atoms. The lowest BCUT2D eigenvalue weighted by Gasteiger charge is -2.12. The quantitative estimate of drug-likeness (QED) is 0.257. The van der Waals surface area contributed by atoms with Crippen molar-refractivity contribution in [2.75, 3.05) is 12.4 Å². The molecule has 1 N–H and O–H groups in total. The van der Waals surface area contributed by atoms with Gasteiger partial charge in [-0.3, -0.25) is 9.78 Å². The van der Waals surface area contributed by atoms with Crippen LogP contribution in [0.1, 0.15) is 11.1 Å². The molecule has 1 heterocycles. The molecule has 0 saturated carbocycles. The summed E-state index contributed by atoms with van der Waals surface area (Å²) in [5.41, 5.74) is 2.64. The number of pyridine rings is 1. The number of hydrogen-bond donors (Lipinski definition) is 1. The van der Waals surface area contributed by atoms with Crippen LogP contribution in [0, 0.1) is 17.1 Å². The van der Waals surface area contributed by atoms with Gasteiger partial charge in [-0.1, -0.05) is 24.3 Å². The van der Waals surface area contributed by atoms with Crippen LogP contribution in [0.25, 0.3) is 17.0 Å². The number of carbonyl (C=O) groups is 1. The van der Waals surface area contributed by atoms with Gasteiger partial charge < -0.3 is 14.8 Å². The number of nitrogens with one attached hydrogen (secondary N) is 1. The predicted molar refractivity (Wildman–Crippen MR) is 135 cm³/mol. The minimum atomic E-state index is -0.533. The van der Waals surface area contributed by atoms with Gasteiger partial charge in [0.05, 0.1) is 18.3 Å². The van der Waals surface area contributed by atoms with Gasteiger partial charge in [0.15, 0.2) is 11.5 Å². The minimum Gasteiger partial charge on any atom is -0.493 e. The highest BCUT2D eigenvalue weighted by Gasteiger charge is 2.13. The Balaban J connectivity index is 0.00000342. The van der Waals surface area contributed by atoms with Gasteiger partial charge in [0, 0.05) is 11.6 Å². The maximum Gasteiger partial charge on any atom is 0.266 e. The number of benzene rings is 3. The Morgan fingerprint density at radius 1 is 1.09 bits per heavy atom. The molecule has 176 valence electrons. The Morgan fingerprint density at radius 2 is 1.89 bits per heavy atom. The van der Waals surface area contributed by atoms with Gasteiger partial charge in [0.1, 0.15) is 24.1 Å². The van der Waals surface area contributed by atoms with E-state index in [0.29, 0.717) is 22.7 Å². The first kappa shape index (κ1) is 25.2. The van der Waals surface area contributed by atoms with Gasteiger partial charge in [-0.2, -0.15) is 5.26 Å². The number of carbonyl (C=O) groups excluding carboxylic acids is 1. The van der Waals surface area contributed by atoms with E-state index in [4.69, 9.17) is 9.47 Å². The molecule has 0 fully saturated rings. The van der Waals surface area contributed by atoms with Crippen LogP contribution in [0.15, 0.2) is 84.6 Å². The number of hydrogen-bond acceptors (Lipinski definition) is 5. The lowest BCUT2D eigenvalue weighted by molar-refractivity contribution is -0.112. The van der Waals surface area contributed by atoms with Crippen LogP contribution in [0.4, 0.5) is 10.1 Å². The van der Waals surface area contributed by atoms with E-state index in [1.165, 1.54) is 25.3 Å². The number of nitriles is 1. The zero-order valence-corrected chi connectivity index (χ0v) is 19.5. The summed E-state index contributed by atoms with van der Waals surface area (Å²) in [5.74, 6) is 0.0743. The summed E-state index contributed by atoms with van der Waals surface area (Å²) in [5, 5.41) is 13.1. The van der Waals surface area contributed by atoms with E-state index in [1.807, 2.05) is 18.2 Å². The molecule has 0 saturated heterocycles. The monoisotopic (exact) mass is 489 g/mol. The van der Waals surface area contributed by atoms with E-state index in [9.17, 15) is 14.4 Å². The molecule has 0 unspecified atom stereocenters. The number of fused-ring (bicyclic) bond motifs is 1. The highest BCUT2D eigenvalue weighted by molar-refractivity contribution is 6.12. The molecular formula is C27H21ClFN3O3. The number of rotatable bonds is 7. The van der Waals surface area contributed by atoms with Crippen molar-refractivity contribution in [1.29, 1.82) is 5.26 Å². The average Bonchev–Trinajstić information content (AvgIpc) is 2.87. The first-order chi connectivity index (χ1) is 16.6. The molecule has 0 spiro atoms. The van der Waals surface area contributed by atoms with Crippen LogP contribution >= 0.6 is 12.4 Å². The van der Waals surface area contributed by atoms with Gasteiger partial charge in [-0.15, -0.1) is 12.4 Å². The summed E-state index contributed by atoms with van der Waals surface area (Å²) in [6.07, 6.45) is 3.15. The SMILES string of the molecule is COc1cc(/C=C(\C#N)C(=O)Nc2cccc3ncccc23)ccc1OCc1ccc(F)cc1.Cl. The van der Waals surface area contributed by atoms with Crippen molar-refractivity contribution in [1.82, 2.24) is 4.98 Å². The Labute approximate surface area is 208 Å². The molecule has 1 aromatic heterocycles. The minimum absolute atomic E-state index is 0.